The smallest absolute Gasteiger partial charge is 0.317 e. The van der Waals surface area contributed by atoms with Gasteiger partial charge in [-0.25, -0.2) is 4.79 Å². The van der Waals surface area contributed by atoms with Gasteiger partial charge in [-0.2, -0.15) is 0 Å². The Bertz CT molecular complexity index is 639. The van der Waals surface area contributed by atoms with Crippen molar-refractivity contribution in [2.75, 3.05) is 30.9 Å². The number of benzene rings is 1. The molecule has 0 aromatic heterocycles. The first-order valence-corrected chi connectivity index (χ1v) is 9.45. The maximum Gasteiger partial charge on any atom is 0.317 e. The monoisotopic (exact) mass is 360 g/mol. The highest BCUT2D eigenvalue weighted by Crippen LogP contribution is 2.31. The molecule has 0 spiro atoms. The maximum atomic E-state index is 12.6. The molecule has 0 unspecified atom stereocenters. The molecule has 1 aromatic rings. The van der Waals surface area contributed by atoms with Gasteiger partial charge in [-0.3, -0.25) is 4.79 Å². The first-order chi connectivity index (χ1) is 12.3. The van der Waals surface area contributed by atoms with Gasteiger partial charge in [0.25, 0.3) is 0 Å². The summed E-state index contributed by atoms with van der Waals surface area (Å²) in [6, 6.07) is 5.96. The lowest BCUT2D eigenvalue weighted by molar-refractivity contribution is -0.115. The third-order valence-corrected chi connectivity index (χ3v) is 4.40. The molecule has 1 saturated carbocycles. The second kappa shape index (κ2) is 8.92. The summed E-state index contributed by atoms with van der Waals surface area (Å²) in [7, 11) is 3.98. The summed E-state index contributed by atoms with van der Waals surface area (Å²) in [6.45, 7) is 7.08. The molecule has 1 aliphatic carbocycles. The molecule has 0 saturated heterocycles. The summed E-state index contributed by atoms with van der Waals surface area (Å²) < 4.78 is 0. The fourth-order valence-corrected chi connectivity index (χ4v) is 2.85. The van der Waals surface area contributed by atoms with E-state index in [4.69, 9.17) is 0 Å². The molecule has 0 heterocycles. The highest BCUT2D eigenvalue weighted by molar-refractivity contribution is 5.90. The Balaban J connectivity index is 2.24. The van der Waals surface area contributed by atoms with Crippen LogP contribution in [0.15, 0.2) is 18.2 Å². The van der Waals surface area contributed by atoms with E-state index in [0.717, 1.165) is 23.5 Å². The minimum Gasteiger partial charge on any atom is -0.377 e. The molecule has 2 rings (SSSR count). The number of hydrogen-bond acceptors (Lipinski definition) is 3. The first-order valence-electron chi connectivity index (χ1n) is 9.45. The summed E-state index contributed by atoms with van der Waals surface area (Å²) in [6.07, 6.45) is 2.83. The quantitative estimate of drug-likeness (QED) is 0.746. The molecule has 1 aromatic carbocycles. The van der Waals surface area contributed by atoms with E-state index in [2.05, 4.69) is 10.6 Å². The van der Waals surface area contributed by atoms with Crippen LogP contribution in [0.4, 0.5) is 16.2 Å². The van der Waals surface area contributed by atoms with Crippen molar-refractivity contribution in [2.45, 2.75) is 52.6 Å². The van der Waals surface area contributed by atoms with Crippen LogP contribution in [0.1, 0.15) is 45.6 Å². The summed E-state index contributed by atoms with van der Waals surface area (Å²) in [4.78, 5) is 28.3. The highest BCUT2D eigenvalue weighted by Gasteiger charge is 2.27. The Labute approximate surface area is 156 Å². The summed E-state index contributed by atoms with van der Waals surface area (Å²) >= 11 is 0. The third kappa shape index (κ3) is 5.93. The molecule has 0 aliphatic heterocycles. The zero-order valence-corrected chi connectivity index (χ0v) is 16.6. The minimum atomic E-state index is -0.0281. The molecule has 0 radical (unpaired) electrons. The molecule has 144 valence electrons. The van der Waals surface area contributed by atoms with Crippen LogP contribution in [0.25, 0.3) is 0 Å². The molecule has 6 nitrogen and oxygen atoms in total. The van der Waals surface area contributed by atoms with E-state index in [1.807, 2.05) is 62.9 Å². The predicted octanol–water partition coefficient (Wildman–Crippen LogP) is 3.43. The maximum absolute atomic E-state index is 12.6. The van der Waals surface area contributed by atoms with E-state index in [9.17, 15) is 9.59 Å². The van der Waals surface area contributed by atoms with Gasteiger partial charge >= 0.3 is 6.03 Å². The molecule has 2 N–H and O–H groups in total. The van der Waals surface area contributed by atoms with Gasteiger partial charge in [0.1, 0.15) is 0 Å². The van der Waals surface area contributed by atoms with Gasteiger partial charge in [0.2, 0.25) is 5.91 Å². The molecule has 1 aliphatic rings. The molecule has 0 bridgehead atoms. The number of hydrogen-bond donors (Lipinski definition) is 2. The van der Waals surface area contributed by atoms with Gasteiger partial charge < -0.3 is 20.4 Å². The Hall–Kier alpha value is -2.24. The van der Waals surface area contributed by atoms with Crippen molar-refractivity contribution in [1.82, 2.24) is 10.2 Å². The van der Waals surface area contributed by atoms with E-state index in [-0.39, 0.29) is 18.0 Å². The zero-order chi connectivity index (χ0) is 19.3. The Morgan fingerprint density at radius 3 is 2.46 bits per heavy atom. The van der Waals surface area contributed by atoms with Crippen LogP contribution in [-0.4, -0.2) is 43.5 Å². The van der Waals surface area contributed by atoms with Crippen LogP contribution < -0.4 is 15.5 Å². The van der Waals surface area contributed by atoms with Gasteiger partial charge in [-0.15, -0.1) is 0 Å². The number of nitrogens with zero attached hydrogens (tertiary/aromatic N) is 2. The van der Waals surface area contributed by atoms with Crippen LogP contribution in [0.5, 0.6) is 0 Å². The van der Waals surface area contributed by atoms with Crippen molar-refractivity contribution in [3.05, 3.63) is 23.8 Å². The van der Waals surface area contributed by atoms with Crippen LogP contribution in [0, 0.1) is 5.92 Å². The van der Waals surface area contributed by atoms with Crippen LogP contribution >= 0.6 is 0 Å². The standard InChI is InChI=1S/C20H32N4O2/c1-6-19(25)22-17-9-10-18(23(4)5)16(11-17)13-24(12-15-7-8-15)20(26)21-14(2)3/h9-11,14-15H,6-8,12-13H2,1-5H3,(H,21,26)(H,22,25). The minimum absolute atomic E-state index is 0.0130. The molecule has 3 amide bonds. The van der Waals surface area contributed by atoms with Crippen molar-refractivity contribution < 1.29 is 9.59 Å². The molecule has 0 atom stereocenters. The number of nitrogens with one attached hydrogen (secondary N) is 2. The Morgan fingerprint density at radius 2 is 1.92 bits per heavy atom. The summed E-state index contributed by atoms with van der Waals surface area (Å²) in [5.41, 5.74) is 2.86. The van der Waals surface area contributed by atoms with Crippen molar-refractivity contribution in [3.63, 3.8) is 0 Å². The largest absolute Gasteiger partial charge is 0.377 e. The normalized spacial score (nSPS) is 13.5. The van der Waals surface area contributed by atoms with E-state index in [1.54, 1.807) is 0 Å². The lowest BCUT2D eigenvalue weighted by Crippen LogP contribution is -2.43. The number of urea groups is 1. The van der Waals surface area contributed by atoms with Crippen LogP contribution in [0.2, 0.25) is 0 Å². The van der Waals surface area contributed by atoms with Gasteiger partial charge in [0.15, 0.2) is 0 Å². The average Bonchev–Trinajstić information content (AvgIpc) is 3.37. The van der Waals surface area contributed by atoms with Gasteiger partial charge in [0, 0.05) is 51.0 Å². The summed E-state index contributed by atoms with van der Waals surface area (Å²) in [5, 5.41) is 5.91. The second-order valence-corrected chi connectivity index (χ2v) is 7.57. The lowest BCUT2D eigenvalue weighted by Gasteiger charge is -2.27. The van der Waals surface area contributed by atoms with E-state index < -0.39 is 0 Å². The molecule has 1 fully saturated rings. The van der Waals surface area contributed by atoms with E-state index >= 15 is 0 Å². The topological polar surface area (TPSA) is 64.7 Å². The molecular weight excluding hydrogens is 328 g/mol. The molecular formula is C20H32N4O2. The van der Waals surface area contributed by atoms with Gasteiger partial charge in [0.05, 0.1) is 0 Å². The van der Waals surface area contributed by atoms with Crippen molar-refractivity contribution >= 4 is 23.3 Å². The van der Waals surface area contributed by atoms with Crippen molar-refractivity contribution in [3.8, 4) is 0 Å². The second-order valence-electron chi connectivity index (χ2n) is 7.57. The molecule has 26 heavy (non-hydrogen) atoms. The predicted molar refractivity (Wildman–Crippen MR) is 106 cm³/mol. The third-order valence-electron chi connectivity index (χ3n) is 4.40. The fourth-order valence-electron chi connectivity index (χ4n) is 2.85. The lowest BCUT2D eigenvalue weighted by atomic mass is 10.1. The van der Waals surface area contributed by atoms with Crippen molar-refractivity contribution in [2.24, 2.45) is 5.92 Å². The highest BCUT2D eigenvalue weighted by atomic mass is 16.2. The van der Waals surface area contributed by atoms with Crippen LogP contribution in [0.3, 0.4) is 0 Å². The number of carbonyl (C=O) groups is 2. The van der Waals surface area contributed by atoms with Gasteiger partial charge in [-0.1, -0.05) is 6.92 Å². The molecule has 6 heteroatoms. The number of anilines is 2. The first kappa shape index (κ1) is 20.1. The fraction of sp³-hybridized carbons (Fsp3) is 0.600. The Kier molecular flexibility index (Phi) is 6.89. The van der Waals surface area contributed by atoms with E-state index in [1.165, 1.54) is 12.8 Å². The summed E-state index contributed by atoms with van der Waals surface area (Å²) in [5.74, 6) is 0.597. The van der Waals surface area contributed by atoms with Gasteiger partial charge in [-0.05, 0) is 56.4 Å². The SMILES string of the molecule is CCC(=O)Nc1ccc(N(C)C)c(CN(CC2CC2)C(=O)NC(C)C)c1. The Morgan fingerprint density at radius 1 is 1.23 bits per heavy atom. The number of rotatable bonds is 8. The number of carbonyl (C=O) groups excluding carboxylic acids is 2. The van der Waals surface area contributed by atoms with Crippen molar-refractivity contribution in [1.29, 1.82) is 0 Å². The average molecular weight is 361 g/mol. The number of amides is 3. The van der Waals surface area contributed by atoms with E-state index in [0.29, 0.717) is 18.9 Å². The van der Waals surface area contributed by atoms with Crippen LogP contribution in [-0.2, 0) is 11.3 Å². The zero-order valence-electron chi connectivity index (χ0n) is 16.6.